The summed E-state index contributed by atoms with van der Waals surface area (Å²) in [4.78, 5) is 26.1. The standard InChI is InChI=1S/C24H30FNO3/c1-5-6-7-11-29-23(28)20-15(2)26-18-13-24(3,4)14-19(27)22(18)21(20)16-9-8-10-17(25)12-16/h8-10,12,21,26H,5-7,11,13-14H2,1-4H3/t21-/m1/s1. The van der Waals surface area contributed by atoms with Crippen molar-refractivity contribution in [3.8, 4) is 0 Å². The van der Waals surface area contributed by atoms with E-state index in [1.165, 1.54) is 12.1 Å². The molecule has 0 fully saturated rings. The summed E-state index contributed by atoms with van der Waals surface area (Å²) in [7, 11) is 0. The van der Waals surface area contributed by atoms with Gasteiger partial charge in [0.15, 0.2) is 5.78 Å². The van der Waals surface area contributed by atoms with Crippen LogP contribution in [-0.4, -0.2) is 18.4 Å². The molecule has 0 saturated carbocycles. The maximum atomic E-state index is 14.0. The van der Waals surface area contributed by atoms with Gasteiger partial charge in [0.05, 0.1) is 12.2 Å². The van der Waals surface area contributed by atoms with Crippen LogP contribution >= 0.6 is 0 Å². The van der Waals surface area contributed by atoms with Crippen LogP contribution in [0.1, 0.15) is 71.3 Å². The van der Waals surface area contributed by atoms with Crippen LogP contribution in [0.5, 0.6) is 0 Å². The number of benzene rings is 1. The predicted octanol–water partition coefficient (Wildman–Crippen LogP) is 5.16. The molecule has 0 radical (unpaired) electrons. The number of rotatable bonds is 6. The van der Waals surface area contributed by atoms with Crippen LogP contribution in [-0.2, 0) is 14.3 Å². The highest BCUT2D eigenvalue weighted by Crippen LogP contribution is 2.46. The van der Waals surface area contributed by atoms with Crippen molar-refractivity contribution in [1.29, 1.82) is 0 Å². The molecule has 1 aromatic carbocycles. The summed E-state index contributed by atoms with van der Waals surface area (Å²) in [5, 5.41) is 3.30. The van der Waals surface area contributed by atoms with E-state index in [0.717, 1.165) is 25.0 Å². The number of nitrogens with one attached hydrogen (secondary N) is 1. The summed E-state index contributed by atoms with van der Waals surface area (Å²) in [6.07, 6.45) is 3.92. The van der Waals surface area contributed by atoms with E-state index in [-0.39, 0.29) is 17.0 Å². The molecule has 156 valence electrons. The number of hydrogen-bond donors (Lipinski definition) is 1. The Balaban J connectivity index is 2.03. The van der Waals surface area contributed by atoms with Crippen LogP contribution in [0.2, 0.25) is 0 Å². The van der Waals surface area contributed by atoms with Crippen molar-refractivity contribution in [2.24, 2.45) is 5.41 Å². The first-order valence-corrected chi connectivity index (χ1v) is 10.4. The summed E-state index contributed by atoms with van der Waals surface area (Å²) >= 11 is 0. The van der Waals surface area contributed by atoms with Crippen LogP contribution in [0, 0.1) is 11.2 Å². The summed E-state index contributed by atoms with van der Waals surface area (Å²) in [6.45, 7) is 8.37. The van der Waals surface area contributed by atoms with Crippen LogP contribution in [0.3, 0.4) is 0 Å². The average Bonchev–Trinajstić information content (AvgIpc) is 2.63. The third-order valence-electron chi connectivity index (χ3n) is 5.62. The fraction of sp³-hybridized carbons (Fsp3) is 0.500. The lowest BCUT2D eigenvalue weighted by atomic mass is 9.68. The number of esters is 1. The molecular weight excluding hydrogens is 369 g/mol. The zero-order chi connectivity index (χ0) is 21.2. The molecule has 1 N–H and O–H groups in total. The Bertz CT molecular complexity index is 882. The number of ether oxygens (including phenoxy) is 1. The van der Waals surface area contributed by atoms with Crippen molar-refractivity contribution in [3.63, 3.8) is 0 Å². The smallest absolute Gasteiger partial charge is 0.336 e. The minimum Gasteiger partial charge on any atom is -0.462 e. The zero-order valence-electron chi connectivity index (χ0n) is 17.7. The summed E-state index contributed by atoms with van der Waals surface area (Å²) in [5.41, 5.74) is 2.92. The van der Waals surface area contributed by atoms with Gasteiger partial charge in [-0.05, 0) is 42.9 Å². The number of ketones is 1. The van der Waals surface area contributed by atoms with Crippen LogP contribution in [0.25, 0.3) is 0 Å². The minimum absolute atomic E-state index is 0.00166. The van der Waals surface area contributed by atoms with E-state index in [9.17, 15) is 14.0 Å². The Morgan fingerprint density at radius 2 is 2.03 bits per heavy atom. The highest BCUT2D eigenvalue weighted by Gasteiger charge is 2.43. The van der Waals surface area contributed by atoms with Gasteiger partial charge in [0.2, 0.25) is 0 Å². The maximum Gasteiger partial charge on any atom is 0.336 e. The molecule has 1 aromatic rings. The molecule has 2 aliphatic rings. The molecule has 0 saturated heterocycles. The fourth-order valence-corrected chi connectivity index (χ4v) is 4.32. The van der Waals surface area contributed by atoms with Gasteiger partial charge in [-0.15, -0.1) is 0 Å². The summed E-state index contributed by atoms with van der Waals surface area (Å²) < 4.78 is 19.6. The Labute approximate surface area is 172 Å². The SMILES string of the molecule is CCCCCOC(=O)C1=C(C)NC2=C(C(=O)CC(C)(C)C2)[C@@H]1c1cccc(F)c1. The predicted molar refractivity (Wildman–Crippen MR) is 111 cm³/mol. The van der Waals surface area contributed by atoms with Crippen molar-refractivity contribution in [2.75, 3.05) is 6.61 Å². The lowest BCUT2D eigenvalue weighted by Crippen LogP contribution is -2.38. The van der Waals surface area contributed by atoms with Crippen LogP contribution in [0.4, 0.5) is 4.39 Å². The normalized spacial score (nSPS) is 21.0. The Morgan fingerprint density at radius 1 is 1.28 bits per heavy atom. The number of allylic oxidation sites excluding steroid dienone is 3. The molecule has 1 heterocycles. The summed E-state index contributed by atoms with van der Waals surface area (Å²) in [6, 6.07) is 6.16. The van der Waals surface area contributed by atoms with Gasteiger partial charge in [-0.2, -0.15) is 0 Å². The molecule has 0 spiro atoms. The summed E-state index contributed by atoms with van der Waals surface area (Å²) in [5.74, 6) is -1.43. The Hall–Kier alpha value is -2.43. The van der Waals surface area contributed by atoms with E-state index in [4.69, 9.17) is 4.74 Å². The number of dihydropyridines is 1. The van der Waals surface area contributed by atoms with Crippen LogP contribution < -0.4 is 5.32 Å². The van der Waals surface area contributed by atoms with Gasteiger partial charge in [0.1, 0.15) is 5.82 Å². The fourth-order valence-electron chi connectivity index (χ4n) is 4.32. The van der Waals surface area contributed by atoms with E-state index in [0.29, 0.717) is 41.9 Å². The minimum atomic E-state index is -0.607. The first kappa shape index (κ1) is 21.3. The number of carbonyl (C=O) groups is 2. The van der Waals surface area contributed by atoms with Gasteiger partial charge >= 0.3 is 5.97 Å². The molecule has 1 atom stereocenters. The molecular formula is C24H30FNO3. The third-order valence-corrected chi connectivity index (χ3v) is 5.62. The quantitative estimate of drug-likeness (QED) is 0.530. The molecule has 4 nitrogen and oxygen atoms in total. The molecule has 1 aliphatic carbocycles. The highest BCUT2D eigenvalue weighted by molar-refractivity contribution is 6.04. The van der Waals surface area contributed by atoms with Crippen molar-refractivity contribution in [2.45, 2.75) is 65.7 Å². The molecule has 29 heavy (non-hydrogen) atoms. The molecule has 0 aromatic heterocycles. The van der Waals surface area contributed by atoms with E-state index in [2.05, 4.69) is 26.1 Å². The zero-order valence-corrected chi connectivity index (χ0v) is 17.7. The average molecular weight is 400 g/mol. The number of Topliss-reactive ketones (excluding diaryl/α,β-unsaturated/α-hetero) is 1. The van der Waals surface area contributed by atoms with Crippen molar-refractivity contribution in [1.82, 2.24) is 5.32 Å². The molecule has 0 amide bonds. The second kappa shape index (κ2) is 8.52. The van der Waals surface area contributed by atoms with Gasteiger partial charge in [-0.1, -0.05) is 45.7 Å². The number of hydrogen-bond acceptors (Lipinski definition) is 4. The third kappa shape index (κ3) is 4.60. The topological polar surface area (TPSA) is 55.4 Å². The first-order chi connectivity index (χ1) is 13.7. The van der Waals surface area contributed by atoms with Gasteiger partial charge in [-0.3, -0.25) is 4.79 Å². The Morgan fingerprint density at radius 3 is 2.72 bits per heavy atom. The highest BCUT2D eigenvalue weighted by atomic mass is 19.1. The van der Waals surface area contributed by atoms with E-state index in [1.54, 1.807) is 12.1 Å². The van der Waals surface area contributed by atoms with Crippen molar-refractivity contribution in [3.05, 3.63) is 58.2 Å². The van der Waals surface area contributed by atoms with Gasteiger partial charge in [-0.25, -0.2) is 9.18 Å². The van der Waals surface area contributed by atoms with E-state index < -0.39 is 11.9 Å². The van der Waals surface area contributed by atoms with Gasteiger partial charge in [0, 0.05) is 29.3 Å². The van der Waals surface area contributed by atoms with Crippen LogP contribution in [0.15, 0.2) is 46.8 Å². The van der Waals surface area contributed by atoms with Gasteiger partial charge < -0.3 is 10.1 Å². The molecule has 5 heteroatoms. The molecule has 0 bridgehead atoms. The number of carbonyl (C=O) groups excluding carboxylic acids is 2. The van der Waals surface area contributed by atoms with Gasteiger partial charge in [0.25, 0.3) is 0 Å². The Kier molecular flexibility index (Phi) is 6.25. The second-order valence-electron chi connectivity index (χ2n) is 8.83. The number of unbranched alkanes of at least 4 members (excludes halogenated alkanes) is 2. The van der Waals surface area contributed by atoms with Crippen molar-refractivity contribution < 1.29 is 18.7 Å². The van der Waals surface area contributed by atoms with E-state index >= 15 is 0 Å². The molecule has 1 aliphatic heterocycles. The first-order valence-electron chi connectivity index (χ1n) is 10.4. The molecule has 0 unspecified atom stereocenters. The lowest BCUT2D eigenvalue weighted by Gasteiger charge is -2.39. The van der Waals surface area contributed by atoms with E-state index in [1.807, 2.05) is 6.92 Å². The second-order valence-corrected chi connectivity index (χ2v) is 8.83. The number of halogens is 1. The maximum absolute atomic E-state index is 14.0. The van der Waals surface area contributed by atoms with Crippen molar-refractivity contribution >= 4 is 11.8 Å². The monoisotopic (exact) mass is 399 g/mol. The largest absolute Gasteiger partial charge is 0.462 e. The molecule has 3 rings (SSSR count). The lowest BCUT2D eigenvalue weighted by molar-refractivity contribution is -0.139.